The van der Waals surface area contributed by atoms with E-state index in [1.54, 1.807) is 12.4 Å². The maximum Gasteiger partial charge on any atom is 0.324 e. The summed E-state index contributed by atoms with van der Waals surface area (Å²) in [5.41, 5.74) is -0.801. The van der Waals surface area contributed by atoms with Crippen LogP contribution in [0.3, 0.4) is 0 Å². The van der Waals surface area contributed by atoms with Crippen LogP contribution >= 0.6 is 0 Å². The van der Waals surface area contributed by atoms with Crippen LogP contribution in [0.2, 0.25) is 0 Å². The molecule has 0 spiro atoms. The third-order valence-corrected chi connectivity index (χ3v) is 3.61. The van der Waals surface area contributed by atoms with Gasteiger partial charge in [0.25, 0.3) is 11.4 Å². The molecule has 1 saturated heterocycles. The van der Waals surface area contributed by atoms with Crippen LogP contribution in [0.4, 0.5) is 17.1 Å². The summed E-state index contributed by atoms with van der Waals surface area (Å²) in [4.78, 5) is 31.8. The lowest BCUT2D eigenvalue weighted by Crippen LogP contribution is -2.00. The van der Waals surface area contributed by atoms with Crippen molar-refractivity contribution in [3.63, 3.8) is 0 Å². The summed E-state index contributed by atoms with van der Waals surface area (Å²) in [6, 6.07) is 2.85. The highest BCUT2D eigenvalue weighted by Gasteiger charge is 2.30. The molecule has 13 heteroatoms. The Kier molecular flexibility index (Phi) is 6.46. The second kappa shape index (κ2) is 8.79. The standard InChI is InChI=1S/C9H11NO2.C6H3N3O7/c1-7-2-3-10-6-8(7)9-11-4-5-12-9;10-6-4(8(13)14)1-3(7(11)12)2-5(6)9(15)16/h2-3,6,9H,4-5H2,1H3;1-2,10H. The first kappa shape index (κ1) is 20.6. The van der Waals surface area contributed by atoms with Gasteiger partial charge in [-0.1, -0.05) is 0 Å². The predicted molar refractivity (Wildman–Crippen MR) is 91.7 cm³/mol. The summed E-state index contributed by atoms with van der Waals surface area (Å²) < 4.78 is 10.7. The third kappa shape index (κ3) is 4.72. The molecule has 1 aromatic heterocycles. The molecular weight excluding hydrogens is 380 g/mol. The van der Waals surface area contributed by atoms with Crippen molar-refractivity contribution >= 4 is 17.1 Å². The van der Waals surface area contributed by atoms with Crippen molar-refractivity contribution in [2.75, 3.05) is 13.2 Å². The number of aromatic hydroxyl groups is 1. The first-order valence-electron chi connectivity index (χ1n) is 7.66. The fourth-order valence-corrected chi connectivity index (χ4v) is 2.23. The molecule has 0 bridgehead atoms. The molecule has 0 saturated carbocycles. The van der Waals surface area contributed by atoms with Gasteiger partial charge in [0.2, 0.25) is 0 Å². The van der Waals surface area contributed by atoms with E-state index in [4.69, 9.17) is 14.6 Å². The first-order valence-corrected chi connectivity index (χ1v) is 7.66. The van der Waals surface area contributed by atoms with Gasteiger partial charge in [-0.05, 0) is 18.6 Å². The zero-order chi connectivity index (χ0) is 20.8. The number of hydrogen-bond acceptors (Lipinski definition) is 10. The Morgan fingerprint density at radius 3 is 2.00 bits per heavy atom. The molecule has 3 rings (SSSR count). The van der Waals surface area contributed by atoms with E-state index in [1.807, 2.05) is 13.0 Å². The minimum absolute atomic E-state index is 0.196. The molecule has 0 atom stereocenters. The number of phenolic OH excluding ortho intramolecular Hbond substituents is 1. The molecule has 0 radical (unpaired) electrons. The van der Waals surface area contributed by atoms with Crippen molar-refractivity contribution in [1.82, 2.24) is 4.98 Å². The molecule has 1 N–H and O–H groups in total. The van der Waals surface area contributed by atoms with Crippen molar-refractivity contribution in [3.05, 3.63) is 72.1 Å². The van der Waals surface area contributed by atoms with Gasteiger partial charge in [0, 0.05) is 18.0 Å². The Labute approximate surface area is 156 Å². The van der Waals surface area contributed by atoms with E-state index in [0.29, 0.717) is 25.3 Å². The van der Waals surface area contributed by atoms with Crippen LogP contribution in [0.15, 0.2) is 30.6 Å². The van der Waals surface area contributed by atoms with E-state index in [9.17, 15) is 30.3 Å². The summed E-state index contributed by atoms with van der Waals surface area (Å²) >= 11 is 0. The van der Waals surface area contributed by atoms with Crippen molar-refractivity contribution in [3.8, 4) is 5.75 Å². The van der Waals surface area contributed by atoms with Gasteiger partial charge in [-0.3, -0.25) is 35.3 Å². The van der Waals surface area contributed by atoms with Gasteiger partial charge in [-0.2, -0.15) is 0 Å². The van der Waals surface area contributed by atoms with Crippen molar-refractivity contribution in [1.29, 1.82) is 0 Å². The second-order valence-electron chi connectivity index (χ2n) is 5.41. The maximum atomic E-state index is 10.4. The Morgan fingerprint density at radius 2 is 1.57 bits per heavy atom. The number of rotatable bonds is 4. The maximum absolute atomic E-state index is 10.4. The van der Waals surface area contributed by atoms with E-state index >= 15 is 0 Å². The minimum Gasteiger partial charge on any atom is -0.497 e. The number of aryl methyl sites for hydroxylation is 1. The molecule has 1 aliphatic heterocycles. The van der Waals surface area contributed by atoms with Gasteiger partial charge in [-0.25, -0.2) is 0 Å². The number of ether oxygens (including phenoxy) is 2. The number of pyridine rings is 1. The molecule has 28 heavy (non-hydrogen) atoms. The van der Waals surface area contributed by atoms with Crippen LogP contribution in [0, 0.1) is 37.3 Å². The highest BCUT2D eigenvalue weighted by atomic mass is 16.7. The van der Waals surface area contributed by atoms with E-state index in [0.717, 1.165) is 11.1 Å². The molecule has 1 aromatic carbocycles. The summed E-state index contributed by atoms with van der Waals surface area (Å²) in [5.74, 6) is -1.21. The Bertz CT molecular complexity index is 877. The number of aromatic nitrogens is 1. The van der Waals surface area contributed by atoms with Crippen LogP contribution in [0.5, 0.6) is 5.75 Å². The topological polar surface area (TPSA) is 181 Å². The van der Waals surface area contributed by atoms with Crippen molar-refractivity contribution in [2.45, 2.75) is 13.2 Å². The van der Waals surface area contributed by atoms with Crippen LogP contribution in [0.1, 0.15) is 17.4 Å². The number of benzene rings is 1. The third-order valence-electron chi connectivity index (χ3n) is 3.61. The Morgan fingerprint density at radius 1 is 1.04 bits per heavy atom. The normalized spacial score (nSPS) is 13.5. The largest absolute Gasteiger partial charge is 0.497 e. The lowest BCUT2D eigenvalue weighted by molar-refractivity contribution is -0.404. The monoisotopic (exact) mass is 394 g/mol. The highest BCUT2D eigenvalue weighted by molar-refractivity contribution is 5.64. The number of phenols is 1. The van der Waals surface area contributed by atoms with Crippen molar-refractivity contribution < 1.29 is 29.4 Å². The zero-order valence-electron chi connectivity index (χ0n) is 14.4. The van der Waals surface area contributed by atoms with Crippen LogP contribution in [-0.4, -0.2) is 38.1 Å². The lowest BCUT2D eigenvalue weighted by atomic mass is 10.1. The molecule has 1 aliphatic rings. The Balaban J connectivity index is 0.000000207. The quantitative estimate of drug-likeness (QED) is 0.597. The molecule has 2 aromatic rings. The number of nitro groups is 3. The number of non-ortho nitro benzene ring substituents is 1. The van der Waals surface area contributed by atoms with Gasteiger partial charge < -0.3 is 14.6 Å². The summed E-state index contributed by atoms with van der Waals surface area (Å²) in [5, 5.41) is 40.2. The number of nitro benzene ring substituents is 3. The summed E-state index contributed by atoms with van der Waals surface area (Å²) in [6.45, 7) is 3.39. The fourth-order valence-electron chi connectivity index (χ4n) is 2.23. The Hall–Kier alpha value is -3.71. The smallest absolute Gasteiger partial charge is 0.324 e. The average Bonchev–Trinajstić information content (AvgIpc) is 3.16. The van der Waals surface area contributed by atoms with Gasteiger partial charge in [0.05, 0.1) is 40.1 Å². The predicted octanol–water partition coefficient (Wildman–Crippen LogP) is 2.55. The van der Waals surface area contributed by atoms with E-state index in [1.165, 1.54) is 0 Å². The molecular formula is C15H14N4O9. The van der Waals surface area contributed by atoms with Crippen LogP contribution in [-0.2, 0) is 9.47 Å². The summed E-state index contributed by atoms with van der Waals surface area (Å²) in [7, 11) is 0. The molecule has 2 heterocycles. The average molecular weight is 394 g/mol. The SMILES string of the molecule is Cc1ccncc1C1OCCO1.O=[N+]([O-])c1cc([N+](=O)[O-])c(O)c([N+](=O)[O-])c1. The molecule has 13 nitrogen and oxygen atoms in total. The minimum atomic E-state index is -1.21. The van der Waals surface area contributed by atoms with Crippen molar-refractivity contribution in [2.24, 2.45) is 0 Å². The van der Waals surface area contributed by atoms with Gasteiger partial charge >= 0.3 is 11.4 Å². The first-order chi connectivity index (χ1) is 13.2. The highest BCUT2D eigenvalue weighted by Crippen LogP contribution is 2.38. The van der Waals surface area contributed by atoms with Gasteiger partial charge in [0.1, 0.15) is 0 Å². The summed E-state index contributed by atoms with van der Waals surface area (Å²) in [6.07, 6.45) is 3.37. The molecule has 148 valence electrons. The van der Waals surface area contributed by atoms with Crippen LogP contribution < -0.4 is 0 Å². The van der Waals surface area contributed by atoms with Gasteiger partial charge in [-0.15, -0.1) is 0 Å². The lowest BCUT2D eigenvalue weighted by Gasteiger charge is -2.10. The van der Waals surface area contributed by atoms with E-state index < -0.39 is 37.6 Å². The molecule has 1 fully saturated rings. The van der Waals surface area contributed by atoms with E-state index in [-0.39, 0.29) is 6.29 Å². The zero-order valence-corrected chi connectivity index (χ0v) is 14.4. The van der Waals surface area contributed by atoms with E-state index in [2.05, 4.69) is 4.98 Å². The van der Waals surface area contributed by atoms with Crippen LogP contribution in [0.25, 0.3) is 0 Å². The number of nitrogens with zero attached hydrogens (tertiary/aromatic N) is 4. The molecule has 0 unspecified atom stereocenters. The number of hydrogen-bond donors (Lipinski definition) is 1. The second-order valence-corrected chi connectivity index (χ2v) is 5.41. The fraction of sp³-hybridized carbons (Fsp3) is 0.267. The van der Waals surface area contributed by atoms with Gasteiger partial charge in [0.15, 0.2) is 6.29 Å². The molecule has 0 amide bonds. The molecule has 0 aliphatic carbocycles.